The Morgan fingerprint density at radius 2 is 1.78 bits per heavy atom. The maximum Gasteiger partial charge on any atom is 0.248 e. The summed E-state index contributed by atoms with van der Waals surface area (Å²) >= 11 is 0. The smallest absolute Gasteiger partial charge is 0.248 e. The summed E-state index contributed by atoms with van der Waals surface area (Å²) in [5.41, 5.74) is 7.78. The van der Waals surface area contributed by atoms with Gasteiger partial charge in [0.1, 0.15) is 5.41 Å². The number of rotatable bonds is 16. The number of amides is 2. The Kier molecular flexibility index (Phi) is 13.5. The highest BCUT2D eigenvalue weighted by Crippen LogP contribution is 2.40. The first kappa shape index (κ1) is 32.9. The molecule has 0 aliphatic carbocycles. The van der Waals surface area contributed by atoms with E-state index in [1.807, 2.05) is 70.2 Å². The molecule has 228 valence electrons. The van der Waals surface area contributed by atoms with Crippen molar-refractivity contribution in [2.75, 3.05) is 32.8 Å². The summed E-state index contributed by atoms with van der Waals surface area (Å²) in [4.78, 5) is 50.3. The van der Waals surface area contributed by atoms with Gasteiger partial charge in [0, 0.05) is 19.6 Å². The molecule has 0 saturated carbocycles. The lowest BCUT2D eigenvalue weighted by Crippen LogP contribution is -2.60. The summed E-state index contributed by atoms with van der Waals surface area (Å²) in [6.45, 7) is 10.9. The first-order chi connectivity index (χ1) is 19.7. The Hall–Kier alpha value is -2.59. The molecule has 1 aromatic rings. The standard InChI is InChI=1S/C32H50N4O5/c1-24(2)21-32(31(39)34-33-22-25(3)4,28(37)23-36-18-9-10-19-36)27(16-12-15-26-13-6-5-7-14-26)30(38)35-41-29-17-8-11-20-40-29/h5-7,12-15,24-25,27,29,33H,8-11,16-23H2,1-4H3,(H,34,39)(H,35,38)/b15-12+/t27-,29?,32-/m1/s1. The van der Waals surface area contributed by atoms with Crippen LogP contribution in [-0.4, -0.2) is 61.6 Å². The fourth-order valence-electron chi connectivity index (χ4n) is 5.64. The lowest BCUT2D eigenvalue weighted by molar-refractivity contribution is -0.204. The van der Waals surface area contributed by atoms with Crippen LogP contribution in [0.5, 0.6) is 0 Å². The number of nitrogens with zero attached hydrogens (tertiary/aromatic N) is 1. The van der Waals surface area contributed by atoms with Crippen molar-refractivity contribution in [3.63, 3.8) is 0 Å². The van der Waals surface area contributed by atoms with Crippen molar-refractivity contribution >= 4 is 23.7 Å². The van der Waals surface area contributed by atoms with E-state index in [0.717, 1.165) is 44.3 Å². The molecule has 2 heterocycles. The van der Waals surface area contributed by atoms with Gasteiger partial charge in [0.25, 0.3) is 0 Å². The van der Waals surface area contributed by atoms with Gasteiger partial charge in [0.05, 0.1) is 12.5 Å². The molecule has 0 bridgehead atoms. The molecule has 9 heteroatoms. The molecule has 3 N–H and O–H groups in total. The molecule has 2 aliphatic heterocycles. The predicted octanol–water partition coefficient (Wildman–Crippen LogP) is 4.25. The molecule has 2 saturated heterocycles. The van der Waals surface area contributed by atoms with Gasteiger partial charge in [0.2, 0.25) is 11.8 Å². The molecule has 2 amide bonds. The van der Waals surface area contributed by atoms with Crippen LogP contribution in [0.4, 0.5) is 0 Å². The molecule has 1 aromatic carbocycles. The Morgan fingerprint density at radius 1 is 1.05 bits per heavy atom. The largest absolute Gasteiger partial charge is 0.350 e. The molecule has 9 nitrogen and oxygen atoms in total. The summed E-state index contributed by atoms with van der Waals surface area (Å²) in [7, 11) is 0. The van der Waals surface area contributed by atoms with Crippen LogP contribution in [0.3, 0.4) is 0 Å². The number of Topliss-reactive ketones (excluding diaryl/α,β-unsaturated/α-hetero) is 1. The molecule has 2 fully saturated rings. The quantitative estimate of drug-likeness (QED) is 0.201. The van der Waals surface area contributed by atoms with Gasteiger partial charge in [-0.25, -0.2) is 15.7 Å². The second-order valence-electron chi connectivity index (χ2n) is 12.2. The van der Waals surface area contributed by atoms with Gasteiger partial charge in [-0.3, -0.25) is 24.7 Å². The summed E-state index contributed by atoms with van der Waals surface area (Å²) in [6.07, 6.45) is 8.27. The lowest BCUT2D eigenvalue weighted by Gasteiger charge is -2.39. The molecule has 3 rings (SSSR count). The number of hydrogen-bond acceptors (Lipinski definition) is 7. The van der Waals surface area contributed by atoms with Gasteiger partial charge < -0.3 is 4.74 Å². The number of carbonyl (C=O) groups excluding carboxylic acids is 3. The van der Waals surface area contributed by atoms with Gasteiger partial charge in [-0.2, -0.15) is 0 Å². The number of carbonyl (C=O) groups is 3. The monoisotopic (exact) mass is 570 g/mol. The molecule has 1 unspecified atom stereocenters. The minimum atomic E-state index is -1.61. The van der Waals surface area contributed by atoms with E-state index >= 15 is 0 Å². The number of ketones is 1. The normalized spacial score (nSPS) is 20.3. The molecular weight excluding hydrogens is 520 g/mol. The van der Waals surface area contributed by atoms with Crippen molar-refractivity contribution < 1.29 is 24.0 Å². The predicted molar refractivity (Wildman–Crippen MR) is 160 cm³/mol. The highest BCUT2D eigenvalue weighted by atomic mass is 16.8. The molecule has 3 atom stereocenters. The second-order valence-corrected chi connectivity index (χ2v) is 12.2. The molecule has 0 radical (unpaired) electrons. The summed E-state index contributed by atoms with van der Waals surface area (Å²) in [5.74, 6) is -1.94. The first-order valence-electron chi connectivity index (χ1n) is 15.3. The number of likely N-dealkylation sites (tertiary alicyclic amines) is 1. The average molecular weight is 571 g/mol. The van der Waals surface area contributed by atoms with Crippen LogP contribution in [0, 0.1) is 23.2 Å². The Balaban J connectivity index is 1.98. The molecule has 41 heavy (non-hydrogen) atoms. The van der Waals surface area contributed by atoms with Gasteiger partial charge >= 0.3 is 0 Å². The van der Waals surface area contributed by atoms with Gasteiger partial charge in [-0.05, 0) is 69.0 Å². The van der Waals surface area contributed by atoms with Crippen molar-refractivity contribution in [2.45, 2.75) is 78.9 Å². The first-order valence-corrected chi connectivity index (χ1v) is 15.3. The molecular formula is C32H50N4O5. The number of allylic oxidation sites excluding steroid dienone is 1. The zero-order chi connectivity index (χ0) is 29.7. The molecule has 2 aliphatic rings. The number of hydrazine groups is 1. The highest BCUT2D eigenvalue weighted by Gasteiger charge is 2.54. The highest BCUT2D eigenvalue weighted by molar-refractivity contribution is 6.10. The summed E-state index contributed by atoms with van der Waals surface area (Å²) in [6, 6.07) is 9.77. The summed E-state index contributed by atoms with van der Waals surface area (Å²) < 4.78 is 5.64. The number of benzene rings is 1. The van der Waals surface area contributed by atoms with Crippen molar-refractivity contribution in [2.24, 2.45) is 23.2 Å². The number of hydroxylamine groups is 1. The van der Waals surface area contributed by atoms with E-state index in [0.29, 0.717) is 19.6 Å². The Bertz CT molecular complexity index is 987. The minimum absolute atomic E-state index is 0.0237. The third-order valence-electron chi connectivity index (χ3n) is 7.73. The van der Waals surface area contributed by atoms with Crippen LogP contribution in [0.15, 0.2) is 36.4 Å². The fourth-order valence-corrected chi connectivity index (χ4v) is 5.64. The maximum absolute atomic E-state index is 14.4. The number of ether oxygens (including phenoxy) is 1. The van der Waals surface area contributed by atoms with Crippen molar-refractivity contribution in [1.29, 1.82) is 0 Å². The van der Waals surface area contributed by atoms with Gasteiger partial charge in [0.15, 0.2) is 12.1 Å². The SMILES string of the molecule is CC(C)CNNC(=O)[C@@](CC(C)C)(C(=O)CN1CCCC1)[C@H](C/C=C/c1ccccc1)C(=O)NOC1CCCCO1. The second kappa shape index (κ2) is 16.8. The average Bonchev–Trinajstić information content (AvgIpc) is 3.46. The van der Waals surface area contributed by atoms with Crippen LogP contribution in [0.2, 0.25) is 0 Å². The lowest BCUT2D eigenvalue weighted by atomic mass is 9.64. The Morgan fingerprint density at radius 3 is 2.41 bits per heavy atom. The van der Waals surface area contributed by atoms with Gasteiger partial charge in [-0.1, -0.05) is 70.2 Å². The van der Waals surface area contributed by atoms with E-state index in [1.54, 1.807) is 0 Å². The number of hydrogen-bond donors (Lipinski definition) is 3. The van der Waals surface area contributed by atoms with E-state index in [-0.39, 0.29) is 37.0 Å². The summed E-state index contributed by atoms with van der Waals surface area (Å²) in [5, 5.41) is 0. The van der Waals surface area contributed by atoms with E-state index in [1.165, 1.54) is 0 Å². The van der Waals surface area contributed by atoms with Crippen LogP contribution >= 0.6 is 0 Å². The van der Waals surface area contributed by atoms with Crippen LogP contribution in [-0.2, 0) is 24.0 Å². The Labute approximate surface area is 245 Å². The zero-order valence-corrected chi connectivity index (χ0v) is 25.3. The minimum Gasteiger partial charge on any atom is -0.350 e. The topological polar surface area (TPSA) is 109 Å². The van der Waals surface area contributed by atoms with Crippen molar-refractivity contribution in [3.8, 4) is 0 Å². The van der Waals surface area contributed by atoms with Crippen LogP contribution in [0.25, 0.3) is 6.08 Å². The van der Waals surface area contributed by atoms with E-state index < -0.39 is 29.4 Å². The van der Waals surface area contributed by atoms with Crippen molar-refractivity contribution in [1.82, 2.24) is 21.2 Å². The number of nitrogens with one attached hydrogen (secondary N) is 3. The fraction of sp³-hybridized carbons (Fsp3) is 0.656. The van der Waals surface area contributed by atoms with Crippen molar-refractivity contribution in [3.05, 3.63) is 42.0 Å². The van der Waals surface area contributed by atoms with E-state index in [2.05, 4.69) is 21.2 Å². The maximum atomic E-state index is 14.4. The third-order valence-corrected chi connectivity index (χ3v) is 7.73. The molecule has 0 spiro atoms. The van der Waals surface area contributed by atoms with E-state index in [4.69, 9.17) is 9.57 Å². The van der Waals surface area contributed by atoms with Gasteiger partial charge in [-0.15, -0.1) is 0 Å². The zero-order valence-electron chi connectivity index (χ0n) is 25.3. The van der Waals surface area contributed by atoms with Crippen LogP contribution < -0.4 is 16.3 Å². The van der Waals surface area contributed by atoms with Crippen LogP contribution in [0.1, 0.15) is 78.2 Å². The molecule has 0 aromatic heterocycles. The van der Waals surface area contributed by atoms with E-state index in [9.17, 15) is 14.4 Å². The third kappa shape index (κ3) is 10.0.